The molecule has 1 aromatic rings. The largest absolute Gasteiger partial charge is 0.475 e. The number of hydrogen-bond acceptors (Lipinski definition) is 5. The molecule has 0 atom stereocenters. The summed E-state index contributed by atoms with van der Waals surface area (Å²) >= 11 is 0. The summed E-state index contributed by atoms with van der Waals surface area (Å²) in [5.41, 5.74) is 6.34. The number of unbranched alkanes of at least 4 members (excludes halogenated alkanes) is 1. The highest BCUT2D eigenvalue weighted by Crippen LogP contribution is 2.13. The summed E-state index contributed by atoms with van der Waals surface area (Å²) in [6.45, 7) is 5.86. The van der Waals surface area contributed by atoms with Crippen LogP contribution in [0.2, 0.25) is 0 Å². The molecule has 0 amide bonds. The molecule has 0 aromatic carbocycles. The van der Waals surface area contributed by atoms with Crippen molar-refractivity contribution in [2.75, 3.05) is 25.6 Å². The van der Waals surface area contributed by atoms with Crippen LogP contribution in [-0.2, 0) is 4.74 Å². The van der Waals surface area contributed by atoms with Crippen LogP contribution in [0.1, 0.15) is 25.3 Å². The second kappa shape index (κ2) is 7.00. The molecule has 0 aliphatic rings. The molecule has 0 aliphatic carbocycles. The lowest BCUT2D eigenvalue weighted by Crippen LogP contribution is -2.10. The average Bonchev–Trinajstić information content (AvgIpc) is 2.28. The first-order valence-corrected chi connectivity index (χ1v) is 5.53. The molecule has 0 aliphatic heterocycles. The van der Waals surface area contributed by atoms with E-state index in [1.54, 1.807) is 6.20 Å². The molecule has 5 heteroatoms. The fraction of sp³-hybridized carbons (Fsp3) is 0.636. The second-order valence-electron chi connectivity index (χ2n) is 3.53. The number of aryl methyl sites for hydroxylation is 1. The maximum absolute atomic E-state index is 5.46. The molecule has 2 N–H and O–H groups in total. The number of aromatic nitrogens is 2. The molecule has 0 saturated heterocycles. The fourth-order valence-electron chi connectivity index (χ4n) is 1.13. The highest BCUT2D eigenvalue weighted by Gasteiger charge is 2.02. The van der Waals surface area contributed by atoms with Gasteiger partial charge in [-0.05, 0) is 13.3 Å². The van der Waals surface area contributed by atoms with Crippen LogP contribution in [0.5, 0.6) is 5.88 Å². The highest BCUT2D eigenvalue weighted by molar-refractivity contribution is 5.28. The van der Waals surface area contributed by atoms with Crippen LogP contribution in [0.25, 0.3) is 0 Å². The van der Waals surface area contributed by atoms with Gasteiger partial charge in [-0.25, -0.2) is 4.98 Å². The van der Waals surface area contributed by atoms with E-state index in [1.807, 2.05) is 6.92 Å². The molecule has 1 aromatic heterocycles. The van der Waals surface area contributed by atoms with E-state index in [-0.39, 0.29) is 5.95 Å². The molecular formula is C11H19N3O2. The zero-order chi connectivity index (χ0) is 11.8. The lowest BCUT2D eigenvalue weighted by molar-refractivity contribution is 0.0963. The second-order valence-corrected chi connectivity index (χ2v) is 3.53. The van der Waals surface area contributed by atoms with Crippen LogP contribution < -0.4 is 10.5 Å². The first kappa shape index (κ1) is 12.7. The van der Waals surface area contributed by atoms with Gasteiger partial charge in [-0.15, -0.1) is 0 Å². The van der Waals surface area contributed by atoms with Crippen LogP contribution in [-0.4, -0.2) is 29.8 Å². The Morgan fingerprint density at radius 1 is 1.31 bits per heavy atom. The first-order valence-electron chi connectivity index (χ1n) is 5.53. The van der Waals surface area contributed by atoms with E-state index in [1.165, 1.54) is 0 Å². The molecule has 1 rings (SSSR count). The molecule has 0 unspecified atom stereocenters. The summed E-state index contributed by atoms with van der Waals surface area (Å²) in [4.78, 5) is 7.86. The van der Waals surface area contributed by atoms with Gasteiger partial charge in [0.15, 0.2) is 0 Å². The monoisotopic (exact) mass is 225 g/mol. The number of rotatable bonds is 7. The van der Waals surface area contributed by atoms with Gasteiger partial charge in [0.05, 0.1) is 6.61 Å². The van der Waals surface area contributed by atoms with Crippen molar-refractivity contribution in [2.45, 2.75) is 26.7 Å². The quantitative estimate of drug-likeness (QED) is 0.713. The van der Waals surface area contributed by atoms with Crippen LogP contribution in [0.3, 0.4) is 0 Å². The van der Waals surface area contributed by atoms with Crippen molar-refractivity contribution in [2.24, 2.45) is 0 Å². The molecule has 0 spiro atoms. The van der Waals surface area contributed by atoms with Gasteiger partial charge in [0, 0.05) is 18.4 Å². The van der Waals surface area contributed by atoms with E-state index in [0.717, 1.165) is 25.0 Å². The van der Waals surface area contributed by atoms with Gasteiger partial charge in [-0.3, -0.25) is 0 Å². The molecule has 16 heavy (non-hydrogen) atoms. The Morgan fingerprint density at radius 2 is 2.12 bits per heavy atom. The number of nitrogen functional groups attached to an aromatic ring is 1. The van der Waals surface area contributed by atoms with E-state index in [4.69, 9.17) is 15.2 Å². The van der Waals surface area contributed by atoms with E-state index in [2.05, 4.69) is 16.9 Å². The molecule has 0 bridgehead atoms. The Kier molecular flexibility index (Phi) is 5.56. The van der Waals surface area contributed by atoms with Crippen molar-refractivity contribution in [3.8, 4) is 5.88 Å². The maximum Gasteiger partial charge on any atom is 0.223 e. The van der Waals surface area contributed by atoms with Crippen molar-refractivity contribution in [1.82, 2.24) is 9.97 Å². The Labute approximate surface area is 96.0 Å². The minimum absolute atomic E-state index is 0.229. The normalized spacial score (nSPS) is 10.4. The van der Waals surface area contributed by atoms with Crippen molar-refractivity contribution in [3.05, 3.63) is 11.8 Å². The van der Waals surface area contributed by atoms with Gasteiger partial charge >= 0.3 is 0 Å². The number of nitrogens with zero attached hydrogens (tertiary/aromatic N) is 2. The first-order chi connectivity index (χ1) is 7.74. The molecule has 5 nitrogen and oxygen atoms in total. The van der Waals surface area contributed by atoms with Gasteiger partial charge in [0.1, 0.15) is 6.61 Å². The Hall–Kier alpha value is -1.36. The highest BCUT2D eigenvalue weighted by atomic mass is 16.5. The number of hydrogen-bond donors (Lipinski definition) is 1. The van der Waals surface area contributed by atoms with E-state index < -0.39 is 0 Å². The predicted octanol–water partition coefficient (Wildman–Crippen LogP) is 1.56. The molecule has 90 valence electrons. The molecule has 0 fully saturated rings. The van der Waals surface area contributed by atoms with E-state index in [9.17, 15) is 0 Å². The van der Waals surface area contributed by atoms with E-state index >= 15 is 0 Å². The summed E-state index contributed by atoms with van der Waals surface area (Å²) in [6.07, 6.45) is 3.87. The molecule has 0 saturated carbocycles. The third-order valence-electron chi connectivity index (χ3n) is 2.05. The summed E-state index contributed by atoms with van der Waals surface area (Å²) in [6, 6.07) is 0. The topological polar surface area (TPSA) is 70.3 Å². The lowest BCUT2D eigenvalue weighted by Gasteiger charge is -2.08. The minimum atomic E-state index is 0.229. The Bertz CT molecular complexity index is 318. The molecular weight excluding hydrogens is 206 g/mol. The zero-order valence-electron chi connectivity index (χ0n) is 9.90. The fourth-order valence-corrected chi connectivity index (χ4v) is 1.13. The van der Waals surface area contributed by atoms with Gasteiger partial charge in [-0.2, -0.15) is 4.98 Å². The lowest BCUT2D eigenvalue weighted by atomic mass is 10.4. The van der Waals surface area contributed by atoms with Crippen molar-refractivity contribution < 1.29 is 9.47 Å². The Morgan fingerprint density at radius 3 is 2.88 bits per heavy atom. The van der Waals surface area contributed by atoms with Crippen molar-refractivity contribution in [3.63, 3.8) is 0 Å². The summed E-state index contributed by atoms with van der Waals surface area (Å²) in [7, 11) is 0. The van der Waals surface area contributed by atoms with Crippen LogP contribution in [0.15, 0.2) is 6.20 Å². The minimum Gasteiger partial charge on any atom is -0.475 e. The molecule has 1 heterocycles. The van der Waals surface area contributed by atoms with Crippen LogP contribution in [0.4, 0.5) is 5.95 Å². The van der Waals surface area contributed by atoms with E-state index in [0.29, 0.717) is 19.1 Å². The Balaban J connectivity index is 2.23. The van der Waals surface area contributed by atoms with Gasteiger partial charge < -0.3 is 15.2 Å². The average molecular weight is 225 g/mol. The zero-order valence-corrected chi connectivity index (χ0v) is 9.90. The van der Waals surface area contributed by atoms with Gasteiger partial charge in [0.25, 0.3) is 0 Å². The summed E-state index contributed by atoms with van der Waals surface area (Å²) in [5, 5.41) is 0. The number of ether oxygens (including phenoxy) is 2. The number of anilines is 1. The standard InChI is InChI=1S/C11H19N3O2/c1-3-4-5-15-6-7-16-10-9(2)8-13-11(12)14-10/h8H,3-7H2,1-2H3,(H2,12,13,14). The predicted molar refractivity (Wildman–Crippen MR) is 62.4 cm³/mol. The third-order valence-corrected chi connectivity index (χ3v) is 2.05. The molecule has 0 radical (unpaired) electrons. The van der Waals surface area contributed by atoms with Crippen LogP contribution >= 0.6 is 0 Å². The smallest absolute Gasteiger partial charge is 0.223 e. The number of nitrogens with two attached hydrogens (primary N) is 1. The maximum atomic E-state index is 5.46. The SMILES string of the molecule is CCCCOCCOc1nc(N)ncc1C. The third kappa shape index (κ3) is 4.44. The summed E-state index contributed by atoms with van der Waals surface area (Å²) < 4.78 is 10.8. The van der Waals surface area contributed by atoms with Crippen molar-refractivity contribution >= 4 is 5.95 Å². The van der Waals surface area contributed by atoms with Gasteiger partial charge in [0.2, 0.25) is 11.8 Å². The van der Waals surface area contributed by atoms with Gasteiger partial charge in [-0.1, -0.05) is 13.3 Å². The van der Waals surface area contributed by atoms with Crippen molar-refractivity contribution in [1.29, 1.82) is 0 Å². The van der Waals surface area contributed by atoms with Crippen LogP contribution in [0, 0.1) is 6.92 Å². The summed E-state index contributed by atoms with van der Waals surface area (Å²) in [5.74, 6) is 0.763.